The summed E-state index contributed by atoms with van der Waals surface area (Å²) in [4.78, 5) is 0. The van der Waals surface area contributed by atoms with Gasteiger partial charge >= 0.3 is 0 Å². The van der Waals surface area contributed by atoms with Crippen LogP contribution in [0.15, 0.2) is 29.8 Å². The summed E-state index contributed by atoms with van der Waals surface area (Å²) in [7, 11) is 4.22. The molecule has 3 heteroatoms. The van der Waals surface area contributed by atoms with Crippen molar-refractivity contribution in [1.29, 1.82) is 0 Å². The number of hydrogen-bond donors (Lipinski definition) is 1. The largest absolute Gasteiger partial charge is 0.508 e. The van der Waals surface area contributed by atoms with E-state index >= 15 is 0 Å². The van der Waals surface area contributed by atoms with E-state index in [-0.39, 0.29) is 11.6 Å². The Kier molecular flexibility index (Phi) is 2.76. The minimum absolute atomic E-state index is 0.0330. The van der Waals surface area contributed by atoms with Crippen molar-refractivity contribution < 1.29 is 14.3 Å². The zero-order valence-corrected chi connectivity index (χ0v) is 12.9. The van der Waals surface area contributed by atoms with E-state index in [0.29, 0.717) is 5.75 Å². The van der Waals surface area contributed by atoms with E-state index in [4.69, 9.17) is 4.74 Å². The van der Waals surface area contributed by atoms with Gasteiger partial charge < -0.3 is 14.3 Å². The number of nitrogens with zero attached hydrogens (tertiary/aromatic N) is 1. The summed E-state index contributed by atoms with van der Waals surface area (Å²) in [5.41, 5.74) is 4.37. The number of phenolic OH excluding ortho intramolecular Hbond substituents is 1. The molecule has 1 saturated heterocycles. The molecule has 0 unspecified atom stereocenters. The minimum atomic E-state index is 0.0330. The molecule has 1 fully saturated rings. The van der Waals surface area contributed by atoms with Crippen LogP contribution < -0.4 is 0 Å². The third kappa shape index (κ3) is 1.62. The van der Waals surface area contributed by atoms with Crippen LogP contribution in [0.4, 0.5) is 0 Å². The summed E-state index contributed by atoms with van der Waals surface area (Å²) in [5.74, 6) is 0.391. The van der Waals surface area contributed by atoms with Crippen LogP contribution in [0.25, 0.3) is 0 Å². The molecule has 0 bridgehead atoms. The van der Waals surface area contributed by atoms with E-state index in [2.05, 4.69) is 19.2 Å². The molecule has 1 aromatic rings. The van der Waals surface area contributed by atoms with Gasteiger partial charge in [-0.3, -0.25) is 0 Å². The second kappa shape index (κ2) is 4.34. The Morgan fingerprint density at radius 2 is 2.10 bits per heavy atom. The fourth-order valence-electron chi connectivity index (χ4n) is 5.01. The summed E-state index contributed by atoms with van der Waals surface area (Å²) >= 11 is 0. The molecule has 0 amide bonds. The predicted molar refractivity (Wildman–Crippen MR) is 82.1 cm³/mol. The Morgan fingerprint density at radius 3 is 2.90 bits per heavy atom. The van der Waals surface area contributed by atoms with E-state index in [1.807, 2.05) is 19.2 Å². The van der Waals surface area contributed by atoms with Gasteiger partial charge in [0.25, 0.3) is 0 Å². The first-order valence-electron chi connectivity index (χ1n) is 7.98. The molecule has 112 valence electrons. The quantitative estimate of drug-likeness (QED) is 0.635. The molecule has 0 saturated carbocycles. The molecule has 2 aliphatic heterocycles. The van der Waals surface area contributed by atoms with E-state index in [1.54, 1.807) is 5.57 Å². The van der Waals surface area contributed by atoms with Crippen molar-refractivity contribution in [1.82, 2.24) is 0 Å². The fourth-order valence-corrected chi connectivity index (χ4v) is 5.01. The number of ether oxygens (including phenoxy) is 1. The first kappa shape index (κ1) is 13.4. The smallest absolute Gasteiger partial charge is 0.149 e. The molecule has 3 nitrogen and oxygen atoms in total. The first-order valence-corrected chi connectivity index (χ1v) is 7.98. The second-order valence-corrected chi connectivity index (χ2v) is 7.07. The topological polar surface area (TPSA) is 29.5 Å². The van der Waals surface area contributed by atoms with Gasteiger partial charge in [0.2, 0.25) is 0 Å². The lowest BCUT2D eigenvalue weighted by Gasteiger charge is -2.53. The van der Waals surface area contributed by atoms with E-state index < -0.39 is 0 Å². The van der Waals surface area contributed by atoms with Crippen molar-refractivity contribution in [2.75, 3.05) is 27.2 Å². The van der Waals surface area contributed by atoms with Gasteiger partial charge in [-0.25, -0.2) is 0 Å². The van der Waals surface area contributed by atoms with E-state index in [1.165, 1.54) is 30.6 Å². The highest BCUT2D eigenvalue weighted by atomic mass is 16.5. The molecule has 4 rings (SSSR count). The van der Waals surface area contributed by atoms with Crippen LogP contribution in [-0.4, -0.2) is 42.9 Å². The van der Waals surface area contributed by atoms with Crippen LogP contribution in [-0.2, 0) is 16.7 Å². The summed E-state index contributed by atoms with van der Waals surface area (Å²) in [5, 5.41) is 10.0. The van der Waals surface area contributed by atoms with Crippen molar-refractivity contribution in [3.8, 4) is 5.75 Å². The number of likely N-dealkylation sites (N-methyl/N-ethyl adjacent to an activating group) is 1. The third-order valence-electron chi connectivity index (χ3n) is 6.22. The van der Waals surface area contributed by atoms with Crippen LogP contribution in [0.2, 0.25) is 0 Å². The third-order valence-corrected chi connectivity index (χ3v) is 6.22. The Hall–Kier alpha value is -1.32. The standard InChI is InChI=1S/C18H23NO2/c1-19-9-7-13-3-5-15(20)11-17(13)18(19)12-16(21-2)6-4-14(18)8-10-19/h3-5,11,16H,6-10,12H2,1-2H3/p+1/t16-,18-,19-/m0/s1. The highest BCUT2D eigenvalue weighted by Gasteiger charge is 2.61. The molecule has 0 radical (unpaired) electrons. The van der Waals surface area contributed by atoms with Crippen LogP contribution in [0.3, 0.4) is 0 Å². The summed E-state index contributed by atoms with van der Waals surface area (Å²) in [6.07, 6.45) is 7.07. The van der Waals surface area contributed by atoms with Crippen LogP contribution in [0.5, 0.6) is 5.75 Å². The number of fused-ring (bicyclic) bond motifs is 1. The Bertz CT molecular complexity index is 624. The van der Waals surface area contributed by atoms with Gasteiger partial charge in [-0.2, -0.15) is 0 Å². The zero-order valence-electron chi connectivity index (χ0n) is 12.9. The molecule has 1 N–H and O–H groups in total. The average molecular weight is 286 g/mol. The Balaban J connectivity index is 1.97. The van der Waals surface area contributed by atoms with Gasteiger partial charge in [-0.05, 0) is 29.7 Å². The molecule has 1 aliphatic carbocycles. The summed E-state index contributed by atoms with van der Waals surface area (Å²) < 4.78 is 6.79. The summed E-state index contributed by atoms with van der Waals surface area (Å²) in [6.45, 7) is 2.39. The monoisotopic (exact) mass is 286 g/mol. The molecule has 3 atom stereocenters. The van der Waals surface area contributed by atoms with Crippen molar-refractivity contribution in [2.24, 2.45) is 0 Å². The van der Waals surface area contributed by atoms with Crippen molar-refractivity contribution in [3.63, 3.8) is 0 Å². The van der Waals surface area contributed by atoms with E-state index in [0.717, 1.165) is 23.7 Å². The number of phenols is 1. The van der Waals surface area contributed by atoms with Gasteiger partial charge in [-0.1, -0.05) is 12.1 Å². The lowest BCUT2D eigenvalue weighted by atomic mass is 9.69. The SMILES string of the molecule is CO[C@H]1CC=C2CC[N@+]3(C)CCc4ccc(O)cc4[C@]23C1. The second-order valence-electron chi connectivity index (χ2n) is 7.07. The number of hydrogen-bond acceptors (Lipinski definition) is 2. The Labute approximate surface area is 126 Å². The van der Waals surface area contributed by atoms with Crippen LogP contribution in [0, 0.1) is 0 Å². The van der Waals surface area contributed by atoms with Crippen molar-refractivity contribution in [3.05, 3.63) is 41.0 Å². The number of methoxy groups -OCH3 is 1. The average Bonchev–Trinajstić information content (AvgIpc) is 2.81. The van der Waals surface area contributed by atoms with Gasteiger partial charge in [0.1, 0.15) is 11.3 Å². The molecule has 1 aromatic carbocycles. The van der Waals surface area contributed by atoms with E-state index in [9.17, 15) is 5.11 Å². The molecular weight excluding hydrogens is 262 g/mol. The molecule has 0 aromatic heterocycles. The molecule has 3 aliphatic rings. The molecule has 1 spiro atoms. The number of rotatable bonds is 1. The Morgan fingerprint density at radius 1 is 1.29 bits per heavy atom. The highest BCUT2D eigenvalue weighted by molar-refractivity contribution is 5.47. The lowest BCUT2D eigenvalue weighted by molar-refractivity contribution is -0.953. The normalized spacial score (nSPS) is 37.4. The molecule has 21 heavy (non-hydrogen) atoms. The zero-order chi connectivity index (χ0) is 14.7. The van der Waals surface area contributed by atoms with Crippen molar-refractivity contribution in [2.45, 2.75) is 37.3 Å². The van der Waals surface area contributed by atoms with Gasteiger partial charge in [0, 0.05) is 31.9 Å². The maximum absolute atomic E-state index is 10.0. The van der Waals surface area contributed by atoms with Gasteiger partial charge in [0.15, 0.2) is 0 Å². The molecule has 2 heterocycles. The number of quaternary nitrogens is 1. The highest BCUT2D eigenvalue weighted by Crippen LogP contribution is 2.56. The minimum Gasteiger partial charge on any atom is -0.508 e. The molecular formula is C18H24NO2+. The number of benzene rings is 1. The fraction of sp³-hybridized carbons (Fsp3) is 0.556. The van der Waals surface area contributed by atoms with Gasteiger partial charge in [0.05, 0.1) is 26.2 Å². The predicted octanol–water partition coefficient (Wildman–Crippen LogP) is 2.73. The summed E-state index contributed by atoms with van der Waals surface area (Å²) in [6, 6.07) is 5.97. The first-order chi connectivity index (χ1) is 10.1. The van der Waals surface area contributed by atoms with Crippen molar-refractivity contribution >= 4 is 0 Å². The van der Waals surface area contributed by atoms with Crippen LogP contribution in [0.1, 0.15) is 30.4 Å². The maximum atomic E-state index is 10.0. The number of aromatic hydroxyl groups is 1. The van der Waals surface area contributed by atoms with Gasteiger partial charge in [-0.15, -0.1) is 0 Å². The van der Waals surface area contributed by atoms with Crippen LogP contribution >= 0.6 is 0 Å². The lowest BCUT2D eigenvalue weighted by Crippen LogP contribution is -2.61. The maximum Gasteiger partial charge on any atom is 0.149 e.